The van der Waals surface area contributed by atoms with Crippen LogP contribution in [0.25, 0.3) is 10.8 Å². The van der Waals surface area contributed by atoms with E-state index in [2.05, 4.69) is 5.32 Å². The minimum atomic E-state index is -5.07. The molecule has 11 heteroatoms. The van der Waals surface area contributed by atoms with Crippen molar-refractivity contribution in [3.8, 4) is 6.07 Å². The van der Waals surface area contributed by atoms with Crippen LogP contribution in [0, 0.1) is 11.3 Å². The number of fused-ring (bicyclic) bond motifs is 1. The number of rotatable bonds is 4. The molecule has 166 valence electrons. The van der Waals surface area contributed by atoms with Crippen molar-refractivity contribution in [2.45, 2.75) is 17.2 Å². The normalized spacial score (nSPS) is 13.1. The van der Waals surface area contributed by atoms with Gasteiger partial charge in [0.15, 0.2) is 4.91 Å². The summed E-state index contributed by atoms with van der Waals surface area (Å²) in [6.07, 6.45) is -9.59. The van der Waals surface area contributed by atoms with E-state index in [1.54, 1.807) is 24.3 Å². The molecule has 0 unspecified atom stereocenters. The number of nitrogens with zero attached hydrogens (tertiary/aromatic N) is 1. The fourth-order valence-electron chi connectivity index (χ4n) is 2.82. The first-order chi connectivity index (χ1) is 14.8. The maximum absolute atomic E-state index is 13.0. The minimum absolute atomic E-state index is 0.0636. The number of hydrogen-bond donors (Lipinski definition) is 1. The molecule has 0 aromatic heterocycles. The third-order valence-electron chi connectivity index (χ3n) is 4.39. The summed E-state index contributed by atoms with van der Waals surface area (Å²) < 4.78 is 103. The zero-order chi connectivity index (χ0) is 23.7. The first-order valence-electron chi connectivity index (χ1n) is 8.72. The number of allylic oxidation sites excluding steroid dienone is 1. The van der Waals surface area contributed by atoms with Gasteiger partial charge in [-0.3, -0.25) is 0 Å². The standard InChI is InChI=1S/C21H12F6N2O2S/c22-20(23,24)15-8-16(21(25,26)27)10-17(9-15)29-12-19(11-28)32(30,31)18-6-5-13-3-1-2-4-14(13)7-18/h1-10,12,29H/b19-12-. The van der Waals surface area contributed by atoms with Crippen molar-refractivity contribution in [3.05, 3.63) is 82.9 Å². The Balaban J connectivity index is 2.02. The van der Waals surface area contributed by atoms with Crippen molar-refractivity contribution in [1.82, 2.24) is 0 Å². The summed E-state index contributed by atoms with van der Waals surface area (Å²) in [4.78, 5) is -1.15. The van der Waals surface area contributed by atoms with Gasteiger partial charge in [0.2, 0.25) is 9.84 Å². The average Bonchev–Trinajstić information content (AvgIpc) is 2.72. The van der Waals surface area contributed by atoms with Gasteiger partial charge in [0.1, 0.15) is 6.07 Å². The number of alkyl halides is 6. The molecule has 3 aromatic carbocycles. The van der Waals surface area contributed by atoms with Crippen LogP contribution in [0.1, 0.15) is 11.1 Å². The van der Waals surface area contributed by atoms with Gasteiger partial charge >= 0.3 is 12.4 Å². The molecule has 0 aliphatic carbocycles. The highest BCUT2D eigenvalue weighted by Gasteiger charge is 2.37. The van der Waals surface area contributed by atoms with Gasteiger partial charge in [-0.25, -0.2) is 8.42 Å². The van der Waals surface area contributed by atoms with Crippen LogP contribution in [-0.4, -0.2) is 8.42 Å². The van der Waals surface area contributed by atoms with E-state index in [1.165, 1.54) is 24.3 Å². The Morgan fingerprint density at radius 3 is 1.94 bits per heavy atom. The summed E-state index contributed by atoms with van der Waals surface area (Å²) in [6.45, 7) is 0. The van der Waals surface area contributed by atoms with Gasteiger partial charge < -0.3 is 5.32 Å². The largest absolute Gasteiger partial charge is 0.416 e. The van der Waals surface area contributed by atoms with E-state index in [1.807, 2.05) is 0 Å². The maximum Gasteiger partial charge on any atom is 0.416 e. The Morgan fingerprint density at radius 1 is 0.844 bits per heavy atom. The molecule has 0 fully saturated rings. The third-order valence-corrected chi connectivity index (χ3v) is 6.05. The van der Waals surface area contributed by atoms with E-state index in [-0.39, 0.29) is 11.0 Å². The number of sulfone groups is 1. The second-order valence-corrected chi connectivity index (χ2v) is 8.49. The lowest BCUT2D eigenvalue weighted by atomic mass is 10.1. The molecule has 0 heterocycles. The van der Waals surface area contributed by atoms with Gasteiger partial charge in [0.25, 0.3) is 0 Å². The van der Waals surface area contributed by atoms with E-state index in [4.69, 9.17) is 0 Å². The minimum Gasteiger partial charge on any atom is -0.360 e. The van der Waals surface area contributed by atoms with E-state index in [9.17, 15) is 40.0 Å². The summed E-state index contributed by atoms with van der Waals surface area (Å²) in [5, 5.41) is 12.6. The second-order valence-electron chi connectivity index (χ2n) is 6.57. The summed E-state index contributed by atoms with van der Waals surface area (Å²) in [6, 6.07) is 13.0. The average molecular weight is 470 g/mol. The molecule has 0 spiro atoms. The van der Waals surface area contributed by atoms with Gasteiger partial charge in [-0.1, -0.05) is 30.3 Å². The fourth-order valence-corrected chi connectivity index (χ4v) is 3.94. The molecule has 0 radical (unpaired) electrons. The van der Waals surface area contributed by atoms with Crippen LogP contribution in [0.5, 0.6) is 0 Å². The van der Waals surface area contributed by atoms with Crippen LogP contribution >= 0.6 is 0 Å². The molecule has 0 amide bonds. The van der Waals surface area contributed by atoms with E-state index >= 15 is 0 Å². The van der Waals surface area contributed by atoms with E-state index < -0.39 is 43.9 Å². The summed E-state index contributed by atoms with van der Waals surface area (Å²) in [7, 11) is -4.40. The molecule has 3 aromatic rings. The molecule has 0 saturated carbocycles. The lowest BCUT2D eigenvalue weighted by molar-refractivity contribution is -0.143. The van der Waals surface area contributed by atoms with Crippen molar-refractivity contribution >= 4 is 26.3 Å². The Morgan fingerprint density at radius 2 is 1.41 bits per heavy atom. The van der Waals surface area contributed by atoms with Crippen LogP contribution < -0.4 is 5.32 Å². The number of anilines is 1. The smallest absolute Gasteiger partial charge is 0.360 e. The fraction of sp³-hybridized carbons (Fsp3) is 0.0952. The predicted molar refractivity (Wildman–Crippen MR) is 105 cm³/mol. The number of benzene rings is 3. The van der Waals surface area contributed by atoms with Crippen molar-refractivity contribution in [3.63, 3.8) is 0 Å². The van der Waals surface area contributed by atoms with Gasteiger partial charge in [0, 0.05) is 11.9 Å². The highest BCUT2D eigenvalue weighted by molar-refractivity contribution is 7.95. The molecule has 3 rings (SSSR count). The van der Waals surface area contributed by atoms with Crippen molar-refractivity contribution in [1.29, 1.82) is 5.26 Å². The van der Waals surface area contributed by atoms with Crippen LogP contribution in [0.3, 0.4) is 0 Å². The Labute approximate surface area is 178 Å². The molecule has 0 saturated heterocycles. The highest BCUT2D eigenvalue weighted by atomic mass is 32.2. The molecular weight excluding hydrogens is 458 g/mol. The first-order valence-corrected chi connectivity index (χ1v) is 10.2. The van der Waals surface area contributed by atoms with Crippen LogP contribution in [0.4, 0.5) is 32.0 Å². The van der Waals surface area contributed by atoms with Gasteiger partial charge in [-0.05, 0) is 41.1 Å². The number of nitrogens with one attached hydrogen (secondary N) is 1. The monoisotopic (exact) mass is 470 g/mol. The van der Waals surface area contributed by atoms with E-state index in [0.717, 1.165) is 5.39 Å². The molecule has 32 heavy (non-hydrogen) atoms. The number of nitriles is 1. The van der Waals surface area contributed by atoms with E-state index in [0.29, 0.717) is 23.7 Å². The zero-order valence-electron chi connectivity index (χ0n) is 15.8. The topological polar surface area (TPSA) is 70.0 Å². The summed E-state index contributed by atoms with van der Waals surface area (Å²) >= 11 is 0. The van der Waals surface area contributed by atoms with Crippen molar-refractivity contribution < 1.29 is 34.8 Å². The van der Waals surface area contributed by atoms with Gasteiger partial charge in [0.05, 0.1) is 16.0 Å². The molecule has 0 bridgehead atoms. The maximum atomic E-state index is 13.0. The summed E-state index contributed by atoms with van der Waals surface area (Å²) in [5.74, 6) is 0. The molecule has 0 aliphatic heterocycles. The Kier molecular flexibility index (Phi) is 5.93. The van der Waals surface area contributed by atoms with Crippen molar-refractivity contribution in [2.75, 3.05) is 5.32 Å². The Bertz CT molecular complexity index is 1320. The number of halogens is 6. The molecule has 0 aliphatic rings. The quantitative estimate of drug-likeness (QED) is 0.368. The molecule has 4 nitrogen and oxygen atoms in total. The second kappa shape index (κ2) is 8.20. The zero-order valence-corrected chi connectivity index (χ0v) is 16.6. The van der Waals surface area contributed by atoms with Crippen LogP contribution in [0.15, 0.2) is 76.7 Å². The number of hydrogen-bond acceptors (Lipinski definition) is 4. The molecular formula is C21H12F6N2O2S. The van der Waals surface area contributed by atoms with Crippen LogP contribution in [-0.2, 0) is 22.2 Å². The summed E-state index contributed by atoms with van der Waals surface area (Å²) in [5.41, 5.74) is -3.85. The highest BCUT2D eigenvalue weighted by Crippen LogP contribution is 2.37. The molecule has 1 N–H and O–H groups in total. The predicted octanol–water partition coefficient (Wildman–Crippen LogP) is 6.13. The Hall–Kier alpha value is -3.52. The van der Waals surface area contributed by atoms with Gasteiger partial charge in [-0.2, -0.15) is 31.6 Å². The molecule has 0 atom stereocenters. The van der Waals surface area contributed by atoms with Crippen molar-refractivity contribution in [2.24, 2.45) is 0 Å². The van der Waals surface area contributed by atoms with Crippen LogP contribution in [0.2, 0.25) is 0 Å². The third kappa shape index (κ3) is 4.86. The van der Waals surface area contributed by atoms with Gasteiger partial charge in [-0.15, -0.1) is 0 Å². The first kappa shape index (κ1) is 23.1. The lowest BCUT2D eigenvalue weighted by Gasteiger charge is -2.14. The SMILES string of the molecule is N#C/C(=C/Nc1cc(C(F)(F)F)cc(C(F)(F)F)c1)S(=O)(=O)c1ccc2ccccc2c1. The lowest BCUT2D eigenvalue weighted by Crippen LogP contribution is -2.12.